The molecule has 1 aromatic heterocycles. The number of benzene rings is 1. The second-order valence-electron chi connectivity index (χ2n) is 4.17. The van der Waals surface area contributed by atoms with Gasteiger partial charge in [-0.05, 0) is 25.0 Å². The van der Waals surface area contributed by atoms with E-state index in [1.54, 1.807) is 0 Å². The molecule has 1 unspecified atom stereocenters. The van der Waals surface area contributed by atoms with Crippen LogP contribution in [0.2, 0.25) is 0 Å². The maximum atomic E-state index is 12.1. The Hall–Kier alpha value is -1.95. The number of aromatic nitrogens is 2. The number of carbonyl (C=O) groups is 1. The van der Waals surface area contributed by atoms with Gasteiger partial charge in [0.1, 0.15) is 10.8 Å². The number of ether oxygens (including phenoxy) is 1. The zero-order valence-corrected chi connectivity index (χ0v) is 12.3. The smallest absolute Gasteiger partial charge is 0.267 e. The molecular formula is C14H17N3O2S. The van der Waals surface area contributed by atoms with E-state index in [-0.39, 0.29) is 5.91 Å². The summed E-state index contributed by atoms with van der Waals surface area (Å²) < 4.78 is 5.68. The third-order valence-electron chi connectivity index (χ3n) is 2.68. The number of para-hydroxylation sites is 1. The van der Waals surface area contributed by atoms with Crippen LogP contribution in [0.4, 0.5) is 5.13 Å². The zero-order chi connectivity index (χ0) is 14.4. The molecule has 1 amide bonds. The molecule has 1 N–H and O–H groups in total. The molecule has 1 atom stereocenters. The normalized spacial score (nSPS) is 11.9. The van der Waals surface area contributed by atoms with Crippen LogP contribution in [-0.4, -0.2) is 22.2 Å². The van der Waals surface area contributed by atoms with Gasteiger partial charge in [-0.1, -0.05) is 43.4 Å². The molecule has 20 heavy (non-hydrogen) atoms. The molecule has 0 fully saturated rings. The first-order valence-electron chi connectivity index (χ1n) is 6.57. The minimum Gasteiger partial charge on any atom is -0.481 e. The maximum absolute atomic E-state index is 12.1. The number of aryl methyl sites for hydroxylation is 1. The molecule has 0 saturated carbocycles. The van der Waals surface area contributed by atoms with Gasteiger partial charge in [0.05, 0.1) is 0 Å². The van der Waals surface area contributed by atoms with Crippen LogP contribution < -0.4 is 10.1 Å². The van der Waals surface area contributed by atoms with Gasteiger partial charge in [-0.3, -0.25) is 10.1 Å². The van der Waals surface area contributed by atoms with Crippen molar-refractivity contribution in [3.8, 4) is 5.75 Å². The molecule has 2 aromatic rings. The van der Waals surface area contributed by atoms with Crippen LogP contribution >= 0.6 is 11.3 Å². The minimum absolute atomic E-state index is 0.199. The summed E-state index contributed by atoms with van der Waals surface area (Å²) in [4.78, 5) is 12.1. The summed E-state index contributed by atoms with van der Waals surface area (Å²) in [6.07, 6.45) is 0.859. The number of amides is 1. The van der Waals surface area contributed by atoms with Crippen molar-refractivity contribution in [1.29, 1.82) is 0 Å². The van der Waals surface area contributed by atoms with Crippen molar-refractivity contribution in [2.24, 2.45) is 0 Å². The van der Waals surface area contributed by atoms with Gasteiger partial charge in [0.2, 0.25) is 5.13 Å². The van der Waals surface area contributed by atoms with Gasteiger partial charge in [-0.15, -0.1) is 10.2 Å². The van der Waals surface area contributed by atoms with E-state index < -0.39 is 6.10 Å². The summed E-state index contributed by atoms with van der Waals surface area (Å²) in [5.41, 5.74) is 0. The highest BCUT2D eigenvalue weighted by Gasteiger charge is 2.19. The molecule has 0 bridgehead atoms. The van der Waals surface area contributed by atoms with Crippen molar-refractivity contribution in [2.45, 2.75) is 32.8 Å². The predicted molar refractivity (Wildman–Crippen MR) is 79.1 cm³/mol. The Balaban J connectivity index is 1.98. The Morgan fingerprint density at radius 1 is 1.30 bits per heavy atom. The molecule has 1 heterocycles. The molecule has 5 nitrogen and oxygen atoms in total. The Bertz CT molecular complexity index is 557. The third kappa shape index (κ3) is 3.77. The SMILES string of the molecule is CCc1nnc(NC(=O)C(CC)Oc2ccccc2)s1. The molecule has 0 aliphatic rings. The molecule has 0 saturated heterocycles. The van der Waals surface area contributed by atoms with Gasteiger partial charge in [0.15, 0.2) is 6.10 Å². The Morgan fingerprint density at radius 3 is 2.65 bits per heavy atom. The van der Waals surface area contributed by atoms with Crippen LogP contribution in [0.1, 0.15) is 25.3 Å². The van der Waals surface area contributed by atoms with Crippen molar-refractivity contribution in [3.05, 3.63) is 35.3 Å². The van der Waals surface area contributed by atoms with E-state index in [9.17, 15) is 4.79 Å². The van der Waals surface area contributed by atoms with Crippen molar-refractivity contribution in [3.63, 3.8) is 0 Å². The number of hydrogen-bond donors (Lipinski definition) is 1. The highest BCUT2D eigenvalue weighted by molar-refractivity contribution is 7.15. The van der Waals surface area contributed by atoms with Gasteiger partial charge in [0, 0.05) is 0 Å². The molecule has 0 aliphatic heterocycles. The summed E-state index contributed by atoms with van der Waals surface area (Å²) in [6.45, 7) is 3.91. The average molecular weight is 291 g/mol. The van der Waals surface area contributed by atoms with E-state index in [1.165, 1.54) is 11.3 Å². The lowest BCUT2D eigenvalue weighted by molar-refractivity contribution is -0.122. The number of nitrogens with zero attached hydrogens (tertiary/aromatic N) is 2. The predicted octanol–water partition coefficient (Wildman–Crippen LogP) is 2.90. The number of nitrogens with one attached hydrogen (secondary N) is 1. The second-order valence-corrected chi connectivity index (χ2v) is 5.23. The fourth-order valence-electron chi connectivity index (χ4n) is 1.62. The summed E-state index contributed by atoms with van der Waals surface area (Å²) in [5, 5.41) is 12.1. The highest BCUT2D eigenvalue weighted by Crippen LogP contribution is 2.17. The van der Waals surface area contributed by atoms with Crippen molar-refractivity contribution < 1.29 is 9.53 Å². The number of hydrogen-bond acceptors (Lipinski definition) is 5. The van der Waals surface area contributed by atoms with Crippen LogP contribution in [-0.2, 0) is 11.2 Å². The van der Waals surface area contributed by atoms with Gasteiger partial charge >= 0.3 is 0 Å². The Kier molecular flexibility index (Phi) is 5.06. The minimum atomic E-state index is -0.536. The zero-order valence-electron chi connectivity index (χ0n) is 11.5. The van der Waals surface area contributed by atoms with Crippen molar-refractivity contribution >= 4 is 22.4 Å². The number of anilines is 1. The largest absolute Gasteiger partial charge is 0.481 e. The number of carbonyl (C=O) groups excluding carboxylic acids is 1. The van der Waals surface area contributed by atoms with Gasteiger partial charge in [-0.2, -0.15) is 0 Å². The quantitative estimate of drug-likeness (QED) is 0.889. The average Bonchev–Trinajstić information content (AvgIpc) is 2.93. The van der Waals surface area contributed by atoms with Gasteiger partial charge in [0.25, 0.3) is 5.91 Å². The van der Waals surface area contributed by atoms with E-state index >= 15 is 0 Å². The first-order valence-corrected chi connectivity index (χ1v) is 7.39. The molecule has 0 aliphatic carbocycles. The van der Waals surface area contributed by atoms with E-state index in [0.29, 0.717) is 17.3 Å². The van der Waals surface area contributed by atoms with Gasteiger partial charge in [-0.25, -0.2) is 0 Å². The van der Waals surface area contributed by atoms with Crippen LogP contribution in [0.5, 0.6) is 5.75 Å². The first-order chi connectivity index (χ1) is 9.72. The summed E-state index contributed by atoms with van der Waals surface area (Å²) in [5.74, 6) is 0.483. The molecule has 0 spiro atoms. The lowest BCUT2D eigenvalue weighted by Crippen LogP contribution is -2.32. The molecule has 1 aromatic carbocycles. The third-order valence-corrected chi connectivity index (χ3v) is 3.67. The first kappa shape index (κ1) is 14.5. The van der Waals surface area contributed by atoms with E-state index in [4.69, 9.17) is 4.74 Å². The fraction of sp³-hybridized carbons (Fsp3) is 0.357. The summed E-state index contributed by atoms with van der Waals surface area (Å²) >= 11 is 1.39. The Labute approximate surface area is 122 Å². The fourth-order valence-corrected chi connectivity index (χ4v) is 2.30. The summed E-state index contributed by atoms with van der Waals surface area (Å²) in [7, 11) is 0. The van der Waals surface area contributed by atoms with Crippen LogP contribution in [0.3, 0.4) is 0 Å². The van der Waals surface area contributed by atoms with Crippen molar-refractivity contribution in [2.75, 3.05) is 5.32 Å². The topological polar surface area (TPSA) is 64.1 Å². The van der Waals surface area contributed by atoms with Crippen LogP contribution in [0.15, 0.2) is 30.3 Å². The monoisotopic (exact) mass is 291 g/mol. The van der Waals surface area contributed by atoms with E-state index in [1.807, 2.05) is 44.2 Å². The van der Waals surface area contributed by atoms with Crippen molar-refractivity contribution in [1.82, 2.24) is 10.2 Å². The lowest BCUT2D eigenvalue weighted by Gasteiger charge is -2.16. The second kappa shape index (κ2) is 7.00. The molecule has 0 radical (unpaired) electrons. The Morgan fingerprint density at radius 2 is 2.05 bits per heavy atom. The molecule has 106 valence electrons. The maximum Gasteiger partial charge on any atom is 0.267 e. The highest BCUT2D eigenvalue weighted by atomic mass is 32.1. The molecular weight excluding hydrogens is 274 g/mol. The molecule has 6 heteroatoms. The van der Waals surface area contributed by atoms with Crippen LogP contribution in [0.25, 0.3) is 0 Å². The molecule has 2 rings (SSSR count). The van der Waals surface area contributed by atoms with E-state index in [2.05, 4.69) is 15.5 Å². The van der Waals surface area contributed by atoms with E-state index in [0.717, 1.165) is 11.4 Å². The van der Waals surface area contributed by atoms with Crippen LogP contribution in [0, 0.1) is 0 Å². The van der Waals surface area contributed by atoms with Gasteiger partial charge < -0.3 is 4.74 Å². The number of rotatable bonds is 6. The standard InChI is InChI=1S/C14H17N3O2S/c1-3-11(19-10-8-6-5-7-9-10)13(18)15-14-17-16-12(4-2)20-14/h5-9,11H,3-4H2,1-2H3,(H,15,17,18). The lowest BCUT2D eigenvalue weighted by atomic mass is 10.2. The summed E-state index contributed by atoms with van der Waals surface area (Å²) in [6, 6.07) is 9.31.